The maximum absolute atomic E-state index is 12.2. The van der Waals surface area contributed by atoms with Crippen molar-refractivity contribution in [1.29, 1.82) is 0 Å². The molecule has 0 unspecified atom stereocenters. The van der Waals surface area contributed by atoms with E-state index >= 15 is 0 Å². The summed E-state index contributed by atoms with van der Waals surface area (Å²) in [7, 11) is 1.76. The summed E-state index contributed by atoms with van der Waals surface area (Å²) < 4.78 is 6.96. The number of ether oxygens (including phenoxy) is 1. The SMILES string of the molecule is COC1CCN(c2cnn(C[C@@H]3CCCN3)c(=O)c2)CC1. The Morgan fingerprint density at radius 3 is 2.81 bits per heavy atom. The van der Waals surface area contributed by atoms with Crippen molar-refractivity contribution in [2.45, 2.75) is 44.4 Å². The summed E-state index contributed by atoms with van der Waals surface area (Å²) in [5, 5.41) is 7.74. The lowest BCUT2D eigenvalue weighted by Crippen LogP contribution is -2.38. The number of anilines is 1. The van der Waals surface area contributed by atoms with Crippen molar-refractivity contribution in [1.82, 2.24) is 15.1 Å². The highest BCUT2D eigenvalue weighted by atomic mass is 16.5. The molecule has 0 radical (unpaired) electrons. The maximum Gasteiger partial charge on any atom is 0.268 e. The Bertz CT molecular complexity index is 517. The summed E-state index contributed by atoms with van der Waals surface area (Å²) >= 11 is 0. The lowest BCUT2D eigenvalue weighted by Gasteiger charge is -2.32. The summed E-state index contributed by atoms with van der Waals surface area (Å²) in [5.41, 5.74) is 0.931. The van der Waals surface area contributed by atoms with Crippen LogP contribution in [0.1, 0.15) is 25.7 Å². The fourth-order valence-electron chi connectivity index (χ4n) is 3.21. The van der Waals surface area contributed by atoms with Gasteiger partial charge in [-0.25, -0.2) is 4.68 Å². The van der Waals surface area contributed by atoms with Gasteiger partial charge in [0, 0.05) is 32.3 Å². The molecule has 1 atom stereocenters. The number of hydrogen-bond acceptors (Lipinski definition) is 5. The largest absolute Gasteiger partial charge is 0.381 e. The molecule has 2 aliphatic heterocycles. The summed E-state index contributed by atoms with van der Waals surface area (Å²) in [5.74, 6) is 0. The number of hydrogen-bond donors (Lipinski definition) is 1. The van der Waals surface area contributed by atoms with Gasteiger partial charge in [0.2, 0.25) is 0 Å². The van der Waals surface area contributed by atoms with Gasteiger partial charge in [-0.15, -0.1) is 0 Å². The molecule has 1 aromatic heterocycles. The molecule has 0 aliphatic carbocycles. The maximum atomic E-state index is 12.2. The third-order valence-electron chi connectivity index (χ3n) is 4.55. The monoisotopic (exact) mass is 292 g/mol. The van der Waals surface area contributed by atoms with E-state index < -0.39 is 0 Å². The molecule has 1 aromatic rings. The van der Waals surface area contributed by atoms with E-state index in [1.807, 2.05) is 6.20 Å². The second kappa shape index (κ2) is 6.58. The van der Waals surface area contributed by atoms with E-state index in [9.17, 15) is 4.79 Å². The molecule has 0 spiro atoms. The van der Waals surface area contributed by atoms with Crippen LogP contribution in [0.15, 0.2) is 17.1 Å². The van der Waals surface area contributed by atoms with Crippen LogP contribution in [-0.2, 0) is 11.3 Å². The first kappa shape index (κ1) is 14.5. The zero-order valence-corrected chi connectivity index (χ0v) is 12.6. The van der Waals surface area contributed by atoms with Gasteiger partial charge in [0.05, 0.1) is 24.5 Å². The van der Waals surface area contributed by atoms with Gasteiger partial charge in [-0.05, 0) is 32.2 Å². The molecule has 116 valence electrons. The molecule has 0 bridgehead atoms. The van der Waals surface area contributed by atoms with Crippen LogP contribution in [0.5, 0.6) is 0 Å². The van der Waals surface area contributed by atoms with Gasteiger partial charge in [0.15, 0.2) is 0 Å². The first-order chi connectivity index (χ1) is 10.3. The zero-order valence-electron chi connectivity index (χ0n) is 12.6. The van der Waals surface area contributed by atoms with Gasteiger partial charge in [0.25, 0.3) is 5.56 Å². The number of rotatable bonds is 4. The highest BCUT2D eigenvalue weighted by molar-refractivity contribution is 5.43. The molecule has 3 rings (SSSR count). The number of aromatic nitrogens is 2. The van der Waals surface area contributed by atoms with Gasteiger partial charge in [0.1, 0.15) is 0 Å². The number of nitrogens with one attached hydrogen (secondary N) is 1. The second-order valence-electron chi connectivity index (χ2n) is 5.95. The van der Waals surface area contributed by atoms with Crippen LogP contribution >= 0.6 is 0 Å². The Balaban J connectivity index is 1.65. The molecular formula is C15H24N4O2. The molecular weight excluding hydrogens is 268 g/mol. The normalized spacial score (nSPS) is 23.7. The van der Waals surface area contributed by atoms with Crippen molar-refractivity contribution in [2.75, 3.05) is 31.6 Å². The molecule has 0 aromatic carbocycles. The molecule has 21 heavy (non-hydrogen) atoms. The van der Waals surface area contributed by atoms with E-state index in [2.05, 4.69) is 15.3 Å². The molecule has 1 N–H and O–H groups in total. The second-order valence-corrected chi connectivity index (χ2v) is 5.95. The molecule has 6 heteroatoms. The summed E-state index contributed by atoms with van der Waals surface area (Å²) in [6, 6.07) is 2.10. The van der Waals surface area contributed by atoms with Crippen LogP contribution in [0, 0.1) is 0 Å². The van der Waals surface area contributed by atoms with Gasteiger partial charge in [-0.2, -0.15) is 5.10 Å². The summed E-state index contributed by atoms with van der Waals surface area (Å²) in [6.07, 6.45) is 6.50. The van der Waals surface area contributed by atoms with E-state index in [-0.39, 0.29) is 5.56 Å². The smallest absolute Gasteiger partial charge is 0.268 e. The first-order valence-electron chi connectivity index (χ1n) is 7.84. The van der Waals surface area contributed by atoms with Crippen LogP contribution < -0.4 is 15.8 Å². The van der Waals surface area contributed by atoms with Crippen molar-refractivity contribution in [2.24, 2.45) is 0 Å². The average Bonchev–Trinajstić information content (AvgIpc) is 3.02. The van der Waals surface area contributed by atoms with Crippen molar-refractivity contribution in [3.8, 4) is 0 Å². The third-order valence-corrected chi connectivity index (χ3v) is 4.55. The van der Waals surface area contributed by atoms with E-state index in [0.717, 1.165) is 44.6 Å². The molecule has 2 aliphatic rings. The zero-order chi connectivity index (χ0) is 14.7. The molecule has 2 saturated heterocycles. The van der Waals surface area contributed by atoms with Crippen LogP contribution in [0.3, 0.4) is 0 Å². The minimum absolute atomic E-state index is 0.00457. The fraction of sp³-hybridized carbons (Fsp3) is 0.733. The van der Waals surface area contributed by atoms with Crippen LogP contribution in [0.4, 0.5) is 5.69 Å². The Kier molecular flexibility index (Phi) is 4.55. The highest BCUT2D eigenvalue weighted by Gasteiger charge is 2.20. The van der Waals surface area contributed by atoms with Crippen molar-refractivity contribution in [3.63, 3.8) is 0 Å². The van der Waals surface area contributed by atoms with Crippen molar-refractivity contribution in [3.05, 3.63) is 22.6 Å². The van der Waals surface area contributed by atoms with Gasteiger partial charge >= 0.3 is 0 Å². The number of nitrogens with zero attached hydrogens (tertiary/aromatic N) is 3. The predicted octanol–water partition coefficient (Wildman–Crippen LogP) is 0.611. The molecule has 6 nitrogen and oxygen atoms in total. The molecule has 2 fully saturated rings. The van der Waals surface area contributed by atoms with Crippen LogP contribution in [-0.4, -0.2) is 48.7 Å². The van der Waals surface area contributed by atoms with E-state index in [0.29, 0.717) is 18.7 Å². The quantitative estimate of drug-likeness (QED) is 0.881. The van der Waals surface area contributed by atoms with Crippen LogP contribution in [0.2, 0.25) is 0 Å². The van der Waals surface area contributed by atoms with Gasteiger partial charge in [-0.1, -0.05) is 0 Å². The standard InChI is InChI=1S/C15H24N4O2/c1-21-14-4-7-18(8-5-14)13-9-15(20)19(17-10-13)11-12-3-2-6-16-12/h9-10,12,14,16H,2-8,11H2,1H3/t12-/m0/s1. The molecule has 3 heterocycles. The van der Waals surface area contributed by atoms with Crippen LogP contribution in [0.25, 0.3) is 0 Å². The summed E-state index contributed by atoms with van der Waals surface area (Å²) in [6.45, 7) is 3.57. The lowest BCUT2D eigenvalue weighted by molar-refractivity contribution is 0.0819. The lowest BCUT2D eigenvalue weighted by atomic mass is 10.1. The van der Waals surface area contributed by atoms with Gasteiger partial charge in [-0.3, -0.25) is 4.79 Å². The Labute approximate surface area is 125 Å². The first-order valence-corrected chi connectivity index (χ1v) is 7.84. The Hall–Kier alpha value is -1.40. The minimum atomic E-state index is -0.00457. The third kappa shape index (κ3) is 3.44. The van der Waals surface area contributed by atoms with Gasteiger partial charge < -0.3 is 15.0 Å². The number of methoxy groups -OCH3 is 1. The average molecular weight is 292 g/mol. The fourth-order valence-corrected chi connectivity index (χ4v) is 3.21. The topological polar surface area (TPSA) is 59.4 Å². The van der Waals surface area contributed by atoms with E-state index in [1.165, 1.54) is 6.42 Å². The Morgan fingerprint density at radius 2 is 2.19 bits per heavy atom. The van der Waals surface area contributed by atoms with E-state index in [1.54, 1.807) is 17.9 Å². The highest BCUT2D eigenvalue weighted by Crippen LogP contribution is 2.19. The van der Waals surface area contributed by atoms with Crippen molar-refractivity contribution < 1.29 is 4.74 Å². The Morgan fingerprint density at radius 1 is 1.38 bits per heavy atom. The molecule has 0 amide bonds. The minimum Gasteiger partial charge on any atom is -0.381 e. The van der Waals surface area contributed by atoms with Crippen molar-refractivity contribution >= 4 is 5.69 Å². The van der Waals surface area contributed by atoms with E-state index in [4.69, 9.17) is 4.74 Å². The summed E-state index contributed by atoms with van der Waals surface area (Å²) in [4.78, 5) is 14.4. The predicted molar refractivity (Wildman–Crippen MR) is 81.8 cm³/mol. The number of piperidine rings is 1. The molecule has 0 saturated carbocycles.